The maximum atomic E-state index is 12.6. The van der Waals surface area contributed by atoms with Gasteiger partial charge in [0.1, 0.15) is 12.7 Å². The Morgan fingerprint density at radius 2 is 0.934 bits per heavy atom. The molecule has 0 saturated carbocycles. The van der Waals surface area contributed by atoms with Gasteiger partial charge < -0.3 is 24.6 Å². The molecule has 0 amide bonds. The van der Waals surface area contributed by atoms with Crippen LogP contribution >= 0.6 is 7.82 Å². The Bertz CT molecular complexity index is 1280. The van der Waals surface area contributed by atoms with Crippen LogP contribution in [0.15, 0.2) is 85.1 Å². The molecule has 0 aromatic carbocycles. The lowest BCUT2D eigenvalue weighted by Crippen LogP contribution is -2.29. The Balaban J connectivity index is 4.37. The fourth-order valence-electron chi connectivity index (χ4n) is 5.95. The largest absolute Gasteiger partial charge is 0.472 e. The lowest BCUT2D eigenvalue weighted by atomic mass is 10.1. The summed E-state index contributed by atoms with van der Waals surface area (Å²) in [6.07, 6.45) is 54.2. The number of phosphoric acid groups is 1. The summed E-state index contributed by atoms with van der Waals surface area (Å²) in [6.45, 7) is 2.18. The van der Waals surface area contributed by atoms with E-state index in [-0.39, 0.29) is 19.4 Å². The van der Waals surface area contributed by atoms with Gasteiger partial charge in [-0.15, -0.1) is 0 Å². The van der Waals surface area contributed by atoms with Crippen LogP contribution < -0.4 is 0 Å². The molecule has 0 heterocycles. The summed E-state index contributed by atoms with van der Waals surface area (Å²) < 4.78 is 32.7. The van der Waals surface area contributed by atoms with Crippen LogP contribution in [-0.2, 0) is 32.7 Å². The van der Waals surface area contributed by atoms with Crippen LogP contribution in [0.3, 0.4) is 0 Å². The molecule has 0 aromatic rings. The number of phosphoric ester groups is 1. The normalized spacial score (nSPS) is 14.5. The molecule has 350 valence electrons. The van der Waals surface area contributed by atoms with E-state index in [0.717, 1.165) is 57.8 Å². The van der Waals surface area contributed by atoms with Crippen molar-refractivity contribution in [2.45, 2.75) is 193 Å². The molecule has 0 aliphatic heterocycles. The van der Waals surface area contributed by atoms with E-state index >= 15 is 0 Å². The molecule has 1 unspecified atom stereocenters. The Kier molecular flexibility index (Phi) is 43.1. The van der Waals surface area contributed by atoms with Crippen molar-refractivity contribution in [1.82, 2.24) is 0 Å². The second-order valence-corrected chi connectivity index (χ2v) is 16.8. The first-order valence-electron chi connectivity index (χ1n) is 23.5. The van der Waals surface area contributed by atoms with Crippen molar-refractivity contribution in [2.24, 2.45) is 0 Å². The highest BCUT2D eigenvalue weighted by Gasteiger charge is 2.27. The fourth-order valence-corrected chi connectivity index (χ4v) is 6.74. The number of aliphatic hydroxyl groups is 2. The molecule has 0 aliphatic rings. The maximum absolute atomic E-state index is 12.6. The van der Waals surface area contributed by atoms with Gasteiger partial charge in [-0.05, 0) is 77.0 Å². The van der Waals surface area contributed by atoms with Gasteiger partial charge in [0.15, 0.2) is 6.10 Å². The first kappa shape index (κ1) is 58.1. The highest BCUT2D eigenvalue weighted by Crippen LogP contribution is 2.43. The molecule has 0 radical (unpaired) electrons. The molecule has 3 N–H and O–H groups in total. The monoisotopic (exact) mass is 877 g/mol. The van der Waals surface area contributed by atoms with Crippen molar-refractivity contribution >= 4 is 19.8 Å². The minimum absolute atomic E-state index is 0.112. The number of carbonyl (C=O) groups is 2. The third-order valence-electron chi connectivity index (χ3n) is 9.55. The Hall–Kier alpha value is -2.85. The summed E-state index contributed by atoms with van der Waals surface area (Å²) in [5, 5.41) is 18.4. The summed E-state index contributed by atoms with van der Waals surface area (Å²) in [6, 6.07) is 0. The molecule has 0 rings (SSSR count). The minimum Gasteiger partial charge on any atom is -0.462 e. The van der Waals surface area contributed by atoms with Crippen molar-refractivity contribution in [3.63, 3.8) is 0 Å². The van der Waals surface area contributed by atoms with Gasteiger partial charge in [-0.3, -0.25) is 18.6 Å². The molecule has 0 spiro atoms. The summed E-state index contributed by atoms with van der Waals surface area (Å²) in [5.74, 6) is -1.03. The molecule has 0 fully saturated rings. The Labute approximate surface area is 371 Å². The molecule has 3 atom stereocenters. The molecule has 0 saturated heterocycles. The van der Waals surface area contributed by atoms with Gasteiger partial charge in [-0.25, -0.2) is 4.57 Å². The van der Waals surface area contributed by atoms with Crippen molar-refractivity contribution in [2.75, 3.05) is 26.4 Å². The van der Waals surface area contributed by atoms with Crippen molar-refractivity contribution in [3.05, 3.63) is 85.1 Å². The van der Waals surface area contributed by atoms with E-state index < -0.39 is 51.8 Å². The van der Waals surface area contributed by atoms with E-state index in [1.807, 2.05) is 12.2 Å². The zero-order valence-electron chi connectivity index (χ0n) is 38.1. The van der Waals surface area contributed by atoms with Gasteiger partial charge >= 0.3 is 19.8 Å². The first-order chi connectivity index (χ1) is 29.7. The average Bonchev–Trinajstić information content (AvgIpc) is 3.25. The van der Waals surface area contributed by atoms with E-state index in [0.29, 0.717) is 12.8 Å². The fraction of sp³-hybridized carbons (Fsp3) is 0.680. The molecule has 10 nitrogen and oxygen atoms in total. The second-order valence-electron chi connectivity index (χ2n) is 15.4. The van der Waals surface area contributed by atoms with E-state index in [9.17, 15) is 24.2 Å². The smallest absolute Gasteiger partial charge is 0.462 e. The van der Waals surface area contributed by atoms with Crippen molar-refractivity contribution in [3.8, 4) is 0 Å². The van der Waals surface area contributed by atoms with Crippen molar-refractivity contribution < 1.29 is 47.8 Å². The van der Waals surface area contributed by atoms with Crippen LogP contribution in [0, 0.1) is 0 Å². The van der Waals surface area contributed by atoms with E-state index in [2.05, 4.69) is 86.8 Å². The summed E-state index contributed by atoms with van der Waals surface area (Å²) in [7, 11) is -4.64. The number of esters is 2. The van der Waals surface area contributed by atoms with E-state index in [1.54, 1.807) is 0 Å². The second kappa shape index (κ2) is 45.2. The van der Waals surface area contributed by atoms with Crippen LogP contribution in [-0.4, -0.2) is 65.7 Å². The van der Waals surface area contributed by atoms with Crippen LogP contribution in [0.5, 0.6) is 0 Å². The zero-order chi connectivity index (χ0) is 44.8. The predicted molar refractivity (Wildman–Crippen MR) is 251 cm³/mol. The molecule has 0 aliphatic carbocycles. The lowest BCUT2D eigenvalue weighted by molar-refractivity contribution is -0.161. The minimum atomic E-state index is -4.64. The molecule has 61 heavy (non-hydrogen) atoms. The highest BCUT2D eigenvalue weighted by molar-refractivity contribution is 7.47. The van der Waals surface area contributed by atoms with Gasteiger partial charge in [0.2, 0.25) is 0 Å². The average molecular weight is 877 g/mol. The Morgan fingerprint density at radius 3 is 1.43 bits per heavy atom. The first-order valence-corrected chi connectivity index (χ1v) is 25.0. The summed E-state index contributed by atoms with van der Waals surface area (Å²) in [5.41, 5.74) is 0. The highest BCUT2D eigenvalue weighted by atomic mass is 31.2. The van der Waals surface area contributed by atoms with Crippen LogP contribution in [0.1, 0.15) is 181 Å². The number of hydrogen-bond donors (Lipinski definition) is 3. The van der Waals surface area contributed by atoms with Gasteiger partial charge in [-0.2, -0.15) is 0 Å². The van der Waals surface area contributed by atoms with Crippen LogP contribution in [0.4, 0.5) is 0 Å². The standard InChI is InChI=1S/C50H85O10P/c1-3-5-7-9-11-13-15-17-19-21-23-25-27-29-31-33-35-37-39-41-49(53)57-45-48(46-59-61(55,56)58-44-47(52)43-51)60-50(54)42-40-38-36-34-32-30-28-26-24-22-20-18-16-14-12-10-8-6-4-2/h5,7,11,13,17-20,23,25,29,31,35,37,47-48,51-52H,3-4,6,8-10,12,14-16,21-22,24,26-28,30,32-34,36,38-46H2,1-2H3,(H,55,56)/b7-5+,13-11+,19-17+,20-18+,25-23+,31-29+,37-35+/t47-,48+/m0/s1. The number of aliphatic hydroxyl groups excluding tert-OH is 2. The number of unbranched alkanes of at least 4 members (excludes halogenated alkanes) is 15. The molecule has 0 aromatic heterocycles. The quantitative estimate of drug-likeness (QED) is 0.0234. The van der Waals surface area contributed by atoms with Gasteiger partial charge in [-0.1, -0.05) is 176 Å². The summed E-state index contributed by atoms with van der Waals surface area (Å²) in [4.78, 5) is 35.1. The summed E-state index contributed by atoms with van der Waals surface area (Å²) >= 11 is 0. The zero-order valence-corrected chi connectivity index (χ0v) is 39.0. The number of carbonyl (C=O) groups excluding carboxylic acids is 2. The van der Waals surface area contributed by atoms with Crippen LogP contribution in [0.25, 0.3) is 0 Å². The van der Waals surface area contributed by atoms with Crippen LogP contribution in [0.2, 0.25) is 0 Å². The number of ether oxygens (including phenoxy) is 2. The molecule has 0 bridgehead atoms. The number of rotatable bonds is 43. The topological polar surface area (TPSA) is 149 Å². The SMILES string of the molecule is CC/C=C/C/C=C/C/C=C/C/C=C/C/C=C/C/C=C/CCC(=O)OC[C@H](COP(=O)(O)OC[C@@H](O)CO)OC(=O)CCCCCCCCCCC/C=C/CCCCCCCC. The van der Waals surface area contributed by atoms with Gasteiger partial charge in [0.25, 0.3) is 0 Å². The number of allylic oxidation sites excluding steroid dienone is 14. The molecule has 11 heteroatoms. The lowest BCUT2D eigenvalue weighted by Gasteiger charge is -2.20. The third-order valence-corrected chi connectivity index (χ3v) is 10.5. The molecular formula is C50H85O10P. The van der Waals surface area contributed by atoms with E-state index in [1.165, 1.54) is 83.5 Å². The number of hydrogen-bond acceptors (Lipinski definition) is 9. The molecular weight excluding hydrogens is 792 g/mol. The van der Waals surface area contributed by atoms with Gasteiger partial charge in [0.05, 0.1) is 19.8 Å². The van der Waals surface area contributed by atoms with Crippen molar-refractivity contribution in [1.29, 1.82) is 0 Å². The Morgan fingerprint density at radius 1 is 0.508 bits per heavy atom. The maximum Gasteiger partial charge on any atom is 0.472 e. The van der Waals surface area contributed by atoms with Gasteiger partial charge in [0, 0.05) is 12.8 Å². The predicted octanol–water partition coefficient (Wildman–Crippen LogP) is 13.0. The van der Waals surface area contributed by atoms with E-state index in [4.69, 9.17) is 23.6 Å². The third kappa shape index (κ3) is 45.0.